The average molecular weight is 277 g/mol. The van der Waals surface area contributed by atoms with E-state index in [-0.39, 0.29) is 23.7 Å². The van der Waals surface area contributed by atoms with Gasteiger partial charge in [-0.25, -0.2) is 0 Å². The quantitative estimate of drug-likeness (QED) is 0.406. The molecule has 3 aliphatic rings. The van der Waals surface area contributed by atoms with E-state index in [0.717, 1.165) is 32.3 Å². The van der Waals surface area contributed by atoms with Gasteiger partial charge >= 0.3 is 0 Å². The fraction of sp³-hybridized carbons (Fsp3) is 0.750. The van der Waals surface area contributed by atoms with E-state index in [0.29, 0.717) is 25.0 Å². The van der Waals surface area contributed by atoms with Crippen molar-refractivity contribution < 1.29 is 14.3 Å². The summed E-state index contributed by atoms with van der Waals surface area (Å²) in [6, 6.07) is 0. The van der Waals surface area contributed by atoms with E-state index in [4.69, 9.17) is 4.74 Å². The van der Waals surface area contributed by atoms with Gasteiger partial charge in [0, 0.05) is 19.8 Å². The molecule has 4 heteroatoms. The van der Waals surface area contributed by atoms with Gasteiger partial charge in [-0.15, -0.1) is 0 Å². The number of unbranched alkanes of at least 4 members (excludes halogenated alkanes) is 1. The molecule has 4 unspecified atom stereocenters. The zero-order chi connectivity index (χ0) is 14.1. The van der Waals surface area contributed by atoms with Gasteiger partial charge in [-0.3, -0.25) is 14.5 Å². The van der Waals surface area contributed by atoms with Gasteiger partial charge in [-0.2, -0.15) is 0 Å². The molecule has 0 aromatic carbocycles. The Morgan fingerprint density at radius 3 is 2.30 bits per heavy atom. The lowest BCUT2D eigenvalue weighted by atomic mass is 9.85. The maximum absolute atomic E-state index is 12.4. The van der Waals surface area contributed by atoms with Crippen molar-refractivity contribution in [1.82, 2.24) is 4.90 Å². The van der Waals surface area contributed by atoms with Crippen molar-refractivity contribution in [2.45, 2.75) is 32.6 Å². The number of imide groups is 1. The number of hydrogen-bond donors (Lipinski definition) is 0. The third-order valence-corrected chi connectivity index (χ3v) is 4.87. The van der Waals surface area contributed by atoms with Crippen LogP contribution in [0.2, 0.25) is 0 Å². The minimum absolute atomic E-state index is 0.0569. The van der Waals surface area contributed by atoms with Crippen molar-refractivity contribution in [2.75, 3.05) is 19.8 Å². The van der Waals surface area contributed by atoms with Gasteiger partial charge in [0.1, 0.15) is 0 Å². The molecule has 110 valence electrons. The van der Waals surface area contributed by atoms with Crippen molar-refractivity contribution in [3.63, 3.8) is 0 Å². The van der Waals surface area contributed by atoms with Crippen LogP contribution in [0.4, 0.5) is 0 Å². The Labute approximate surface area is 120 Å². The fourth-order valence-electron chi connectivity index (χ4n) is 3.86. The van der Waals surface area contributed by atoms with Gasteiger partial charge in [-0.1, -0.05) is 25.5 Å². The molecule has 2 amide bonds. The third-order valence-electron chi connectivity index (χ3n) is 4.87. The van der Waals surface area contributed by atoms with Gasteiger partial charge in [-0.05, 0) is 31.1 Å². The monoisotopic (exact) mass is 277 g/mol. The molecule has 0 aromatic heterocycles. The SMILES string of the molecule is CCCCOCCCN1C(=O)C2C3C=CC(C3)C2C1=O. The van der Waals surface area contributed by atoms with Gasteiger partial charge < -0.3 is 4.74 Å². The molecule has 0 spiro atoms. The van der Waals surface area contributed by atoms with Crippen LogP contribution in [0.15, 0.2) is 12.2 Å². The lowest BCUT2D eigenvalue weighted by molar-refractivity contribution is -0.140. The lowest BCUT2D eigenvalue weighted by Crippen LogP contribution is -2.34. The third kappa shape index (κ3) is 2.20. The van der Waals surface area contributed by atoms with E-state index < -0.39 is 0 Å². The molecule has 2 aliphatic carbocycles. The minimum atomic E-state index is -0.0569. The molecule has 1 aliphatic heterocycles. The smallest absolute Gasteiger partial charge is 0.233 e. The standard InChI is InChI=1S/C16H23NO3/c1-2-3-8-20-9-4-7-17-15(18)13-11-5-6-12(10-11)14(13)16(17)19/h5-6,11-14H,2-4,7-10H2,1H3. The maximum Gasteiger partial charge on any atom is 0.233 e. The molecule has 0 radical (unpaired) electrons. The van der Waals surface area contributed by atoms with Crippen LogP contribution < -0.4 is 0 Å². The van der Waals surface area contributed by atoms with E-state index in [1.165, 1.54) is 4.90 Å². The summed E-state index contributed by atoms with van der Waals surface area (Å²) in [5.74, 6) is 0.632. The van der Waals surface area contributed by atoms with Gasteiger partial charge in [0.05, 0.1) is 11.8 Å². The Bertz CT molecular complexity index is 401. The summed E-state index contributed by atoms with van der Waals surface area (Å²) in [5, 5.41) is 0. The highest BCUT2D eigenvalue weighted by Gasteiger charge is 2.58. The predicted octanol–water partition coefficient (Wildman–Crippen LogP) is 2.00. The first-order valence-corrected chi connectivity index (χ1v) is 7.85. The first-order valence-electron chi connectivity index (χ1n) is 7.85. The first kappa shape index (κ1) is 13.8. The number of allylic oxidation sites excluding steroid dienone is 2. The normalized spacial score (nSPS) is 34.4. The number of nitrogens with zero attached hydrogens (tertiary/aromatic N) is 1. The number of likely N-dealkylation sites (tertiary alicyclic amines) is 1. The highest BCUT2D eigenvalue weighted by atomic mass is 16.5. The van der Waals surface area contributed by atoms with Crippen LogP contribution in [-0.4, -0.2) is 36.5 Å². The van der Waals surface area contributed by atoms with E-state index in [2.05, 4.69) is 19.1 Å². The van der Waals surface area contributed by atoms with Crippen LogP contribution in [0.1, 0.15) is 32.6 Å². The van der Waals surface area contributed by atoms with Crippen LogP contribution in [0.5, 0.6) is 0 Å². The second-order valence-corrected chi connectivity index (χ2v) is 6.15. The summed E-state index contributed by atoms with van der Waals surface area (Å²) in [4.78, 5) is 26.3. The fourth-order valence-corrected chi connectivity index (χ4v) is 3.86. The Hall–Kier alpha value is -1.16. The molecule has 20 heavy (non-hydrogen) atoms. The first-order chi connectivity index (χ1) is 9.74. The molecular weight excluding hydrogens is 254 g/mol. The average Bonchev–Trinajstić information content (AvgIpc) is 3.11. The number of ether oxygens (including phenoxy) is 1. The summed E-state index contributed by atoms with van der Waals surface area (Å²) in [7, 11) is 0. The zero-order valence-corrected chi connectivity index (χ0v) is 12.1. The molecule has 4 nitrogen and oxygen atoms in total. The topological polar surface area (TPSA) is 46.6 Å². The second kappa shape index (κ2) is 5.68. The molecule has 1 saturated heterocycles. The largest absolute Gasteiger partial charge is 0.381 e. The zero-order valence-electron chi connectivity index (χ0n) is 12.1. The van der Waals surface area contributed by atoms with E-state index in [9.17, 15) is 9.59 Å². The molecule has 0 aromatic rings. The maximum atomic E-state index is 12.4. The number of amides is 2. The number of carbonyl (C=O) groups is 2. The second-order valence-electron chi connectivity index (χ2n) is 6.15. The number of rotatable bonds is 7. The van der Waals surface area contributed by atoms with Crippen LogP contribution in [0.3, 0.4) is 0 Å². The Kier molecular flexibility index (Phi) is 3.92. The Balaban J connectivity index is 1.49. The van der Waals surface area contributed by atoms with Gasteiger partial charge in [0.25, 0.3) is 0 Å². The molecule has 2 fully saturated rings. The number of hydrogen-bond acceptors (Lipinski definition) is 3. The number of carbonyl (C=O) groups excluding carboxylic acids is 2. The van der Waals surface area contributed by atoms with Crippen molar-refractivity contribution in [1.29, 1.82) is 0 Å². The van der Waals surface area contributed by atoms with Crippen molar-refractivity contribution in [2.24, 2.45) is 23.7 Å². The molecular formula is C16H23NO3. The summed E-state index contributed by atoms with van der Waals surface area (Å²) in [6.45, 7) is 4.07. The van der Waals surface area contributed by atoms with Crippen molar-refractivity contribution in [3.05, 3.63) is 12.2 Å². The van der Waals surface area contributed by atoms with Crippen molar-refractivity contribution >= 4 is 11.8 Å². The van der Waals surface area contributed by atoms with E-state index in [1.807, 2.05) is 0 Å². The minimum Gasteiger partial charge on any atom is -0.381 e. The molecule has 4 atom stereocenters. The van der Waals surface area contributed by atoms with E-state index >= 15 is 0 Å². The van der Waals surface area contributed by atoms with E-state index in [1.54, 1.807) is 0 Å². The van der Waals surface area contributed by atoms with Gasteiger partial charge in [0.2, 0.25) is 11.8 Å². The van der Waals surface area contributed by atoms with Crippen LogP contribution in [0.25, 0.3) is 0 Å². The van der Waals surface area contributed by atoms with Gasteiger partial charge in [0.15, 0.2) is 0 Å². The van der Waals surface area contributed by atoms with Crippen molar-refractivity contribution in [3.8, 4) is 0 Å². The Morgan fingerprint density at radius 1 is 1.10 bits per heavy atom. The molecule has 1 heterocycles. The summed E-state index contributed by atoms with van der Waals surface area (Å²) < 4.78 is 5.49. The Morgan fingerprint density at radius 2 is 1.70 bits per heavy atom. The summed E-state index contributed by atoms with van der Waals surface area (Å²) >= 11 is 0. The number of fused-ring (bicyclic) bond motifs is 5. The highest BCUT2D eigenvalue weighted by molar-refractivity contribution is 6.06. The van der Waals surface area contributed by atoms with Crippen LogP contribution in [-0.2, 0) is 14.3 Å². The molecule has 2 bridgehead atoms. The lowest BCUT2D eigenvalue weighted by Gasteiger charge is -2.17. The molecule has 3 rings (SSSR count). The summed E-state index contributed by atoms with van der Waals surface area (Å²) in [6.07, 6.45) is 8.22. The van der Waals surface area contributed by atoms with Crippen LogP contribution >= 0.6 is 0 Å². The molecule has 0 N–H and O–H groups in total. The molecule has 1 saturated carbocycles. The highest BCUT2D eigenvalue weighted by Crippen LogP contribution is 2.52. The predicted molar refractivity (Wildman–Crippen MR) is 74.8 cm³/mol. The van der Waals surface area contributed by atoms with Crippen LogP contribution in [0, 0.1) is 23.7 Å². The summed E-state index contributed by atoms with van der Waals surface area (Å²) in [5.41, 5.74) is 0.